The van der Waals surface area contributed by atoms with Crippen molar-refractivity contribution in [3.05, 3.63) is 136 Å². The van der Waals surface area contributed by atoms with E-state index in [1.54, 1.807) is 19.1 Å². The molecule has 2 atom stereocenters. The van der Waals surface area contributed by atoms with Crippen LogP contribution in [0.1, 0.15) is 41.6 Å². The van der Waals surface area contributed by atoms with Crippen LogP contribution in [0.5, 0.6) is 5.75 Å². The average Bonchev–Trinajstić information content (AvgIpc) is 2.97. The highest BCUT2D eigenvalue weighted by Gasteiger charge is 2.39. The van der Waals surface area contributed by atoms with Gasteiger partial charge in [-0.05, 0) is 57.2 Å². The fourth-order valence-corrected chi connectivity index (χ4v) is 5.21. The van der Waals surface area contributed by atoms with Crippen molar-refractivity contribution in [2.45, 2.75) is 37.7 Å². The SMILES string of the molecule is CCOC(=O)CC(NC(c1ccccc1)(c1ccccc1)c1ccccc1)c1ccc(OC(F)C(F)F)c(Br)c1. The van der Waals surface area contributed by atoms with E-state index in [9.17, 15) is 18.0 Å². The predicted molar refractivity (Wildman–Crippen MR) is 152 cm³/mol. The topological polar surface area (TPSA) is 47.6 Å². The van der Waals surface area contributed by atoms with Gasteiger partial charge in [-0.25, -0.2) is 8.78 Å². The second kappa shape index (κ2) is 13.6. The van der Waals surface area contributed by atoms with Gasteiger partial charge in [-0.3, -0.25) is 10.1 Å². The molecule has 208 valence electrons. The van der Waals surface area contributed by atoms with Crippen molar-refractivity contribution in [2.24, 2.45) is 0 Å². The van der Waals surface area contributed by atoms with E-state index < -0.39 is 30.3 Å². The van der Waals surface area contributed by atoms with E-state index >= 15 is 0 Å². The Bertz CT molecular complexity index is 1280. The molecule has 0 amide bonds. The van der Waals surface area contributed by atoms with Crippen LogP contribution in [0, 0.1) is 0 Å². The third-order valence-electron chi connectivity index (χ3n) is 6.48. The standard InChI is InChI=1S/C32H29BrF3NO3/c1-2-39-29(38)21-27(22-18-19-28(26(33)20-22)40-31(36)30(34)35)37-32(23-12-6-3-7-13-23,24-14-8-4-9-15-24)25-16-10-5-11-17-25/h3-20,27,30-31,37H,2,21H2,1H3. The number of alkyl halides is 3. The van der Waals surface area contributed by atoms with Crippen LogP contribution in [0.4, 0.5) is 13.2 Å². The molecule has 0 heterocycles. The van der Waals surface area contributed by atoms with E-state index in [1.807, 2.05) is 91.0 Å². The minimum atomic E-state index is -3.28. The van der Waals surface area contributed by atoms with Crippen molar-refractivity contribution in [2.75, 3.05) is 6.61 Å². The van der Waals surface area contributed by atoms with Gasteiger partial charge < -0.3 is 9.47 Å². The van der Waals surface area contributed by atoms with Crippen LogP contribution in [0.2, 0.25) is 0 Å². The minimum absolute atomic E-state index is 0.0303. The van der Waals surface area contributed by atoms with Gasteiger partial charge in [0.05, 0.1) is 23.0 Å². The van der Waals surface area contributed by atoms with E-state index in [4.69, 9.17) is 9.47 Å². The molecule has 0 aliphatic rings. The molecule has 0 spiro atoms. The number of carbonyl (C=O) groups excluding carboxylic acids is 1. The summed E-state index contributed by atoms with van der Waals surface area (Å²) in [4.78, 5) is 12.9. The lowest BCUT2D eigenvalue weighted by Crippen LogP contribution is -2.47. The van der Waals surface area contributed by atoms with Gasteiger partial charge in [0.1, 0.15) is 5.75 Å². The maximum absolute atomic E-state index is 13.6. The summed E-state index contributed by atoms with van der Waals surface area (Å²) in [6.07, 6.45) is -6.08. The van der Waals surface area contributed by atoms with Crippen LogP contribution in [-0.2, 0) is 15.1 Å². The van der Waals surface area contributed by atoms with E-state index in [0.29, 0.717) is 5.56 Å². The van der Waals surface area contributed by atoms with Gasteiger partial charge in [-0.15, -0.1) is 0 Å². The van der Waals surface area contributed by atoms with Crippen LogP contribution in [-0.4, -0.2) is 25.4 Å². The molecule has 0 aliphatic carbocycles. The second-order valence-corrected chi connectivity index (χ2v) is 9.90. The normalized spacial score (nSPS) is 13.1. The largest absolute Gasteiger partial charge is 0.466 e. The Morgan fingerprint density at radius 3 is 1.75 bits per heavy atom. The summed E-state index contributed by atoms with van der Waals surface area (Å²) in [7, 11) is 0. The summed E-state index contributed by atoms with van der Waals surface area (Å²) < 4.78 is 49.5. The minimum Gasteiger partial charge on any atom is -0.466 e. The van der Waals surface area contributed by atoms with Gasteiger partial charge in [0.2, 0.25) is 0 Å². The van der Waals surface area contributed by atoms with Crippen molar-refractivity contribution in [3.8, 4) is 5.75 Å². The van der Waals surface area contributed by atoms with Crippen molar-refractivity contribution in [3.63, 3.8) is 0 Å². The summed E-state index contributed by atoms with van der Waals surface area (Å²) in [5.74, 6) is -0.493. The van der Waals surface area contributed by atoms with Gasteiger partial charge in [0.25, 0.3) is 6.36 Å². The molecule has 0 bridgehead atoms. The lowest BCUT2D eigenvalue weighted by atomic mass is 9.76. The Kier molecular flexibility index (Phi) is 10.0. The molecule has 0 saturated heterocycles. The molecule has 40 heavy (non-hydrogen) atoms. The zero-order valence-electron chi connectivity index (χ0n) is 21.8. The highest BCUT2D eigenvalue weighted by Crippen LogP contribution is 2.40. The number of hydrogen-bond acceptors (Lipinski definition) is 4. The van der Waals surface area contributed by atoms with E-state index in [2.05, 4.69) is 21.2 Å². The first-order chi connectivity index (χ1) is 19.3. The van der Waals surface area contributed by atoms with Crippen LogP contribution in [0.25, 0.3) is 0 Å². The van der Waals surface area contributed by atoms with Crippen LogP contribution in [0.3, 0.4) is 0 Å². The molecular weight excluding hydrogens is 583 g/mol. The molecule has 4 aromatic rings. The zero-order chi connectivity index (χ0) is 28.5. The number of carbonyl (C=O) groups is 1. The molecule has 4 aromatic carbocycles. The highest BCUT2D eigenvalue weighted by atomic mass is 79.9. The second-order valence-electron chi connectivity index (χ2n) is 9.05. The third-order valence-corrected chi connectivity index (χ3v) is 7.10. The Labute approximate surface area is 240 Å². The maximum Gasteiger partial charge on any atom is 0.307 e. The number of hydrogen-bond donors (Lipinski definition) is 1. The Morgan fingerprint density at radius 1 is 0.825 bits per heavy atom. The fourth-order valence-electron chi connectivity index (χ4n) is 4.72. The van der Waals surface area contributed by atoms with Gasteiger partial charge in [0.15, 0.2) is 0 Å². The molecule has 4 rings (SSSR count). The summed E-state index contributed by atoms with van der Waals surface area (Å²) in [6.45, 7) is 1.95. The first-order valence-corrected chi connectivity index (χ1v) is 13.6. The zero-order valence-corrected chi connectivity index (χ0v) is 23.4. The number of benzene rings is 4. The van der Waals surface area contributed by atoms with Crippen molar-refractivity contribution in [1.82, 2.24) is 5.32 Å². The van der Waals surface area contributed by atoms with Crippen molar-refractivity contribution in [1.29, 1.82) is 0 Å². The average molecular weight is 612 g/mol. The van der Waals surface area contributed by atoms with Crippen LogP contribution < -0.4 is 10.1 Å². The molecule has 8 heteroatoms. The first-order valence-electron chi connectivity index (χ1n) is 12.8. The van der Waals surface area contributed by atoms with Crippen LogP contribution in [0.15, 0.2) is 114 Å². The Balaban J connectivity index is 1.87. The molecule has 4 nitrogen and oxygen atoms in total. The maximum atomic E-state index is 13.6. The summed E-state index contributed by atoms with van der Waals surface area (Å²) in [5, 5.41) is 3.77. The number of halogens is 4. The molecule has 0 radical (unpaired) electrons. The van der Waals surface area contributed by atoms with Gasteiger partial charge >= 0.3 is 12.4 Å². The number of esters is 1. The fraction of sp³-hybridized carbons (Fsp3) is 0.219. The lowest BCUT2D eigenvalue weighted by molar-refractivity contribution is -0.143. The predicted octanol–water partition coefficient (Wildman–Crippen LogP) is 7.96. The van der Waals surface area contributed by atoms with Crippen molar-refractivity contribution < 1.29 is 27.4 Å². The Hall–Kier alpha value is -3.62. The number of nitrogens with one attached hydrogen (secondary N) is 1. The number of rotatable bonds is 12. The molecule has 2 unspecified atom stereocenters. The summed E-state index contributed by atoms with van der Waals surface area (Å²) >= 11 is 3.32. The van der Waals surface area contributed by atoms with E-state index in [1.165, 1.54) is 6.07 Å². The monoisotopic (exact) mass is 611 g/mol. The van der Waals surface area contributed by atoms with Gasteiger partial charge in [0, 0.05) is 6.04 Å². The molecule has 1 N–H and O–H groups in total. The van der Waals surface area contributed by atoms with Gasteiger partial charge in [-0.1, -0.05) is 97.1 Å². The molecule has 0 aromatic heterocycles. The third kappa shape index (κ3) is 6.74. The first kappa shape index (κ1) is 29.4. The molecular formula is C32H29BrF3NO3. The summed E-state index contributed by atoms with van der Waals surface area (Å²) in [5.41, 5.74) is 2.57. The summed E-state index contributed by atoms with van der Waals surface area (Å²) in [6, 6.07) is 33.7. The lowest BCUT2D eigenvalue weighted by Gasteiger charge is -2.40. The van der Waals surface area contributed by atoms with Crippen molar-refractivity contribution >= 4 is 21.9 Å². The molecule has 0 aliphatic heterocycles. The number of ether oxygens (including phenoxy) is 2. The molecule has 0 fully saturated rings. The quantitative estimate of drug-likeness (QED) is 0.130. The van der Waals surface area contributed by atoms with E-state index in [-0.39, 0.29) is 23.2 Å². The Morgan fingerprint density at radius 2 is 1.32 bits per heavy atom. The van der Waals surface area contributed by atoms with Crippen LogP contribution >= 0.6 is 15.9 Å². The smallest absolute Gasteiger partial charge is 0.307 e. The van der Waals surface area contributed by atoms with Gasteiger partial charge in [-0.2, -0.15) is 4.39 Å². The molecule has 0 saturated carbocycles. The highest BCUT2D eigenvalue weighted by molar-refractivity contribution is 9.10. The van der Waals surface area contributed by atoms with E-state index in [0.717, 1.165) is 16.7 Å².